The maximum Gasteiger partial charge on any atom is 0.0346 e. The second kappa shape index (κ2) is 12.9. The molecule has 0 radical (unpaired) electrons. The molecule has 0 atom stereocenters. The highest BCUT2D eigenvalue weighted by Crippen LogP contribution is 2.10. The van der Waals surface area contributed by atoms with Gasteiger partial charge in [0.15, 0.2) is 0 Å². The summed E-state index contributed by atoms with van der Waals surface area (Å²) >= 11 is 0. The monoisotopic (exact) mass is 215 g/mol. The summed E-state index contributed by atoms with van der Waals surface area (Å²) in [5, 5.41) is 7.00. The van der Waals surface area contributed by atoms with Crippen molar-refractivity contribution in [3.63, 3.8) is 0 Å². The molecule has 0 fully saturated rings. The van der Waals surface area contributed by atoms with Crippen molar-refractivity contribution in [2.24, 2.45) is 0 Å². The van der Waals surface area contributed by atoms with E-state index >= 15 is 0 Å². The van der Waals surface area contributed by atoms with Gasteiger partial charge in [-0.05, 0) is 31.0 Å². The minimum absolute atomic E-state index is 0. The average molecular weight is 215 g/mol. The fraction of sp³-hybridized carbons (Fsp3) is 0.500. The van der Waals surface area contributed by atoms with Crippen LogP contribution in [-0.4, -0.2) is 17.7 Å². The molecule has 0 amide bonds. The summed E-state index contributed by atoms with van der Waals surface area (Å²) in [5.41, 5.74) is 8.88. The van der Waals surface area contributed by atoms with Gasteiger partial charge in [-0.3, -0.25) is 0 Å². The van der Waals surface area contributed by atoms with Crippen LogP contribution in [0.25, 0.3) is 0 Å². The predicted octanol–water partition coefficient (Wildman–Crippen LogP) is 2.09. The Morgan fingerprint density at radius 1 is 1.13 bits per heavy atom. The van der Waals surface area contributed by atoms with E-state index in [1.807, 2.05) is 26.0 Å². The number of aliphatic hydroxyl groups is 1. The fourth-order valence-electron chi connectivity index (χ4n) is 0.760. The normalized spacial score (nSPS) is 7.33. The maximum atomic E-state index is 7.00. The van der Waals surface area contributed by atoms with Crippen LogP contribution in [0.3, 0.4) is 0 Å². The van der Waals surface area contributed by atoms with Gasteiger partial charge in [0.2, 0.25) is 0 Å². The number of hydrogen-bond acceptors (Lipinski definition) is 2. The summed E-state index contributed by atoms with van der Waals surface area (Å²) in [7, 11) is 1.00. The molecular formula is C12H25NO2. The van der Waals surface area contributed by atoms with Crippen LogP contribution in [0.4, 0.5) is 5.69 Å². The van der Waals surface area contributed by atoms with Crippen molar-refractivity contribution in [3.8, 4) is 0 Å². The molecule has 0 spiro atoms. The van der Waals surface area contributed by atoms with Gasteiger partial charge in [-0.25, -0.2) is 0 Å². The molecule has 1 aromatic rings. The van der Waals surface area contributed by atoms with Gasteiger partial charge in [-0.2, -0.15) is 0 Å². The number of aliphatic hydroxyl groups excluding tert-OH is 1. The second-order valence-corrected chi connectivity index (χ2v) is 3.07. The lowest BCUT2D eigenvalue weighted by molar-refractivity contribution is 0.399. The molecular weight excluding hydrogens is 190 g/mol. The summed E-state index contributed by atoms with van der Waals surface area (Å²) in [6.07, 6.45) is 1.25. The zero-order valence-electron chi connectivity index (χ0n) is 10.5. The summed E-state index contributed by atoms with van der Waals surface area (Å²) < 4.78 is 0. The lowest BCUT2D eigenvalue weighted by Crippen LogP contribution is -1.88. The minimum Gasteiger partial charge on any atom is -0.412 e. The van der Waals surface area contributed by atoms with Gasteiger partial charge < -0.3 is 16.3 Å². The number of nitrogen functional groups attached to an aromatic ring is 1. The van der Waals surface area contributed by atoms with Crippen molar-refractivity contribution in [1.82, 2.24) is 0 Å². The van der Waals surface area contributed by atoms with Crippen molar-refractivity contribution in [1.29, 1.82) is 0 Å². The van der Waals surface area contributed by atoms with E-state index in [4.69, 9.17) is 10.8 Å². The van der Waals surface area contributed by atoms with Crippen LogP contribution < -0.4 is 5.73 Å². The molecule has 0 aliphatic carbocycles. The summed E-state index contributed by atoms with van der Waals surface area (Å²) in [5.74, 6) is 0. The van der Waals surface area contributed by atoms with E-state index in [9.17, 15) is 0 Å². The van der Waals surface area contributed by atoms with Crippen molar-refractivity contribution in [3.05, 3.63) is 29.3 Å². The summed E-state index contributed by atoms with van der Waals surface area (Å²) in [4.78, 5) is 0. The van der Waals surface area contributed by atoms with E-state index in [1.54, 1.807) is 0 Å². The number of hydrogen-bond donors (Lipinski definition) is 2. The third kappa shape index (κ3) is 10.9. The Morgan fingerprint density at radius 2 is 1.53 bits per heavy atom. The van der Waals surface area contributed by atoms with Gasteiger partial charge in [-0.15, -0.1) is 0 Å². The van der Waals surface area contributed by atoms with Crippen molar-refractivity contribution < 1.29 is 10.6 Å². The fourth-order valence-corrected chi connectivity index (χ4v) is 0.760. The number of anilines is 1. The SMILES string of the molecule is CCC.CO.Cc1ccc(C)c(N)c1.O. The minimum atomic E-state index is 0. The molecule has 3 heteroatoms. The Morgan fingerprint density at radius 3 is 1.80 bits per heavy atom. The maximum absolute atomic E-state index is 7.00. The number of aryl methyl sites for hydroxylation is 2. The Labute approximate surface area is 93.2 Å². The van der Waals surface area contributed by atoms with Crippen LogP contribution in [-0.2, 0) is 0 Å². The van der Waals surface area contributed by atoms with Crippen molar-refractivity contribution in [2.45, 2.75) is 34.1 Å². The van der Waals surface area contributed by atoms with E-state index in [0.717, 1.165) is 18.4 Å². The Balaban J connectivity index is -0.000000209. The molecule has 1 aromatic carbocycles. The van der Waals surface area contributed by atoms with Crippen molar-refractivity contribution in [2.75, 3.05) is 12.8 Å². The topological polar surface area (TPSA) is 77.8 Å². The lowest BCUT2D eigenvalue weighted by atomic mass is 10.1. The molecule has 15 heavy (non-hydrogen) atoms. The first kappa shape index (κ1) is 19.5. The molecule has 0 aliphatic heterocycles. The lowest BCUT2D eigenvalue weighted by Gasteiger charge is -1.98. The van der Waals surface area contributed by atoms with E-state index in [1.165, 1.54) is 12.0 Å². The highest BCUT2D eigenvalue weighted by molar-refractivity contribution is 5.47. The smallest absolute Gasteiger partial charge is 0.0346 e. The van der Waals surface area contributed by atoms with E-state index < -0.39 is 0 Å². The van der Waals surface area contributed by atoms with Crippen LogP contribution in [0.2, 0.25) is 0 Å². The van der Waals surface area contributed by atoms with Crippen LogP contribution >= 0.6 is 0 Å². The van der Waals surface area contributed by atoms with E-state index in [-0.39, 0.29) is 5.48 Å². The van der Waals surface area contributed by atoms with Gasteiger partial charge in [0.1, 0.15) is 0 Å². The van der Waals surface area contributed by atoms with Gasteiger partial charge >= 0.3 is 0 Å². The largest absolute Gasteiger partial charge is 0.412 e. The van der Waals surface area contributed by atoms with Gasteiger partial charge in [-0.1, -0.05) is 32.4 Å². The molecule has 5 N–H and O–H groups in total. The molecule has 0 aliphatic rings. The molecule has 0 unspecified atom stereocenters. The van der Waals surface area contributed by atoms with Crippen LogP contribution in [0, 0.1) is 13.8 Å². The molecule has 3 nitrogen and oxygen atoms in total. The first-order valence-corrected chi connectivity index (χ1v) is 4.89. The molecule has 0 aromatic heterocycles. The zero-order valence-corrected chi connectivity index (χ0v) is 10.5. The first-order valence-electron chi connectivity index (χ1n) is 4.89. The number of nitrogens with two attached hydrogens (primary N) is 1. The van der Waals surface area contributed by atoms with Gasteiger partial charge in [0, 0.05) is 12.8 Å². The molecule has 1 rings (SSSR count). The predicted molar refractivity (Wildman–Crippen MR) is 68.1 cm³/mol. The van der Waals surface area contributed by atoms with E-state index in [0.29, 0.717) is 0 Å². The molecule has 0 heterocycles. The summed E-state index contributed by atoms with van der Waals surface area (Å²) in [6.45, 7) is 8.30. The third-order valence-corrected chi connectivity index (χ3v) is 1.43. The standard InChI is InChI=1S/C8H11N.C3H8.CH4O.H2O/c1-6-3-4-7(2)8(9)5-6;1-3-2;1-2;/h3-5H,9H2,1-2H3;3H2,1-2H3;2H,1H3;1H2. The third-order valence-electron chi connectivity index (χ3n) is 1.43. The first-order chi connectivity index (χ1) is 6.61. The zero-order chi connectivity index (χ0) is 11.6. The summed E-state index contributed by atoms with van der Waals surface area (Å²) in [6, 6.07) is 6.08. The highest BCUT2D eigenvalue weighted by atomic mass is 16.2. The van der Waals surface area contributed by atoms with Crippen LogP contribution in [0.1, 0.15) is 31.4 Å². The Hall–Kier alpha value is -1.06. The number of rotatable bonds is 0. The van der Waals surface area contributed by atoms with Crippen LogP contribution in [0.15, 0.2) is 18.2 Å². The number of benzene rings is 1. The van der Waals surface area contributed by atoms with Crippen molar-refractivity contribution >= 4 is 5.69 Å². The van der Waals surface area contributed by atoms with Gasteiger partial charge in [0.25, 0.3) is 0 Å². The molecule has 0 saturated carbocycles. The second-order valence-electron chi connectivity index (χ2n) is 3.07. The highest BCUT2D eigenvalue weighted by Gasteiger charge is 1.89. The molecule has 0 bridgehead atoms. The van der Waals surface area contributed by atoms with Gasteiger partial charge in [0.05, 0.1) is 0 Å². The van der Waals surface area contributed by atoms with E-state index in [2.05, 4.69) is 19.9 Å². The molecule has 0 saturated heterocycles. The Bertz CT molecular complexity index is 237. The van der Waals surface area contributed by atoms with Crippen LogP contribution in [0.5, 0.6) is 0 Å². The Kier molecular flexibility index (Phi) is 16.8. The molecule has 90 valence electrons. The quantitative estimate of drug-likeness (QED) is 0.650. The average Bonchev–Trinajstić information content (AvgIpc) is 2.17.